The first-order valence-electron chi connectivity index (χ1n) is 8.83. The minimum absolute atomic E-state index is 0.426. The second kappa shape index (κ2) is 10.8. The third kappa shape index (κ3) is 6.15. The van der Waals surface area contributed by atoms with Crippen molar-refractivity contribution < 1.29 is 79.8 Å². The van der Waals surface area contributed by atoms with Crippen LogP contribution in [0.1, 0.15) is 19.3 Å². The topological polar surface area (TPSA) is 58.2 Å². The van der Waals surface area contributed by atoms with Gasteiger partial charge in [0.25, 0.3) is 11.8 Å². The van der Waals surface area contributed by atoms with Crippen LogP contribution < -0.4 is 10.6 Å². The van der Waals surface area contributed by atoms with Crippen molar-refractivity contribution in [1.82, 2.24) is 10.6 Å². The maximum atomic E-state index is 13.3. The lowest BCUT2D eigenvalue weighted by atomic mass is 10.0. The first kappa shape index (κ1) is 32.8. The summed E-state index contributed by atoms with van der Waals surface area (Å²) in [6.07, 6.45) is -12.1. The minimum Gasteiger partial charge on any atom is -0.351 e. The molecule has 2 N–H and O–H groups in total. The van der Waals surface area contributed by atoms with Crippen molar-refractivity contribution in [3.8, 4) is 0 Å². The monoisotopic (exact) mass is 558 g/mol. The molecule has 0 bridgehead atoms. The summed E-state index contributed by atoms with van der Waals surface area (Å²) in [5, 5.41) is 2.01. The van der Waals surface area contributed by atoms with Crippen LogP contribution in [0.25, 0.3) is 0 Å². The predicted molar refractivity (Wildman–Crippen MR) is 81.6 cm³/mol. The van der Waals surface area contributed by atoms with Gasteiger partial charge in [-0.1, -0.05) is 0 Å². The highest BCUT2D eigenvalue weighted by Gasteiger charge is 2.79. The van der Waals surface area contributed by atoms with E-state index in [2.05, 4.69) is 0 Å². The number of amides is 2. The molecule has 0 radical (unpaired) electrons. The van der Waals surface area contributed by atoms with Gasteiger partial charge >= 0.3 is 48.4 Å². The van der Waals surface area contributed by atoms with Crippen molar-refractivity contribution in [2.45, 2.75) is 67.6 Å². The molecule has 20 heteroatoms. The first-order chi connectivity index (χ1) is 15.4. The predicted octanol–water partition coefficient (Wildman–Crippen LogP) is 4.73. The zero-order valence-electron chi connectivity index (χ0n) is 16.6. The number of carbonyl (C=O) groups excluding carboxylic acids is 2. The van der Waals surface area contributed by atoms with E-state index in [0.717, 1.165) is 10.6 Å². The smallest absolute Gasteiger partial charge is 0.351 e. The van der Waals surface area contributed by atoms with Crippen LogP contribution in [0, 0.1) is 0 Å². The van der Waals surface area contributed by atoms with Crippen LogP contribution in [-0.4, -0.2) is 73.3 Å². The molecule has 0 aromatic heterocycles. The van der Waals surface area contributed by atoms with E-state index in [9.17, 15) is 79.8 Å². The van der Waals surface area contributed by atoms with Crippen LogP contribution in [0.15, 0.2) is 0 Å². The molecule has 0 saturated carbocycles. The molecular formula is C15H14F16N2O2. The van der Waals surface area contributed by atoms with Crippen molar-refractivity contribution >= 4 is 11.8 Å². The fourth-order valence-electron chi connectivity index (χ4n) is 2.03. The summed E-state index contributed by atoms with van der Waals surface area (Å²) in [5.41, 5.74) is 0. The zero-order chi connectivity index (χ0) is 28.3. The second-order valence-corrected chi connectivity index (χ2v) is 6.72. The number of hydrogen-bond donors (Lipinski definition) is 2. The maximum Gasteiger partial charge on any atom is 0.392 e. The Morgan fingerprint density at radius 3 is 1.00 bits per heavy atom. The largest absolute Gasteiger partial charge is 0.392 e. The molecule has 0 aliphatic carbocycles. The highest BCUT2D eigenvalue weighted by molar-refractivity contribution is 5.85. The summed E-state index contributed by atoms with van der Waals surface area (Å²) in [6.45, 7) is -2.04. The van der Waals surface area contributed by atoms with Gasteiger partial charge in [-0.05, 0) is 19.3 Å². The Morgan fingerprint density at radius 2 is 0.771 bits per heavy atom. The van der Waals surface area contributed by atoms with Crippen molar-refractivity contribution in [3.63, 3.8) is 0 Å². The van der Waals surface area contributed by atoms with Crippen LogP contribution >= 0.6 is 0 Å². The third-order valence-electron chi connectivity index (χ3n) is 4.17. The van der Waals surface area contributed by atoms with Gasteiger partial charge in [-0.25, -0.2) is 17.6 Å². The lowest BCUT2D eigenvalue weighted by Gasteiger charge is -2.31. The molecule has 0 unspecified atom stereocenters. The number of halogens is 16. The molecule has 4 nitrogen and oxygen atoms in total. The lowest BCUT2D eigenvalue weighted by molar-refractivity contribution is -0.327. The molecule has 0 aromatic carbocycles. The Balaban J connectivity index is 4.71. The molecule has 0 aromatic rings. The van der Waals surface area contributed by atoms with Crippen molar-refractivity contribution in [1.29, 1.82) is 0 Å². The van der Waals surface area contributed by atoms with Crippen LogP contribution in [-0.2, 0) is 9.59 Å². The van der Waals surface area contributed by atoms with Crippen molar-refractivity contribution in [3.05, 3.63) is 0 Å². The summed E-state index contributed by atoms with van der Waals surface area (Å²) in [4.78, 5) is 22.1. The van der Waals surface area contributed by atoms with Crippen LogP contribution in [0.4, 0.5) is 70.2 Å². The summed E-state index contributed by atoms with van der Waals surface area (Å²) in [7, 11) is 0. The highest BCUT2D eigenvalue weighted by atomic mass is 19.4. The summed E-state index contributed by atoms with van der Waals surface area (Å²) in [6, 6.07) is 0. The molecule has 0 rings (SSSR count). The van der Waals surface area contributed by atoms with Gasteiger partial charge in [-0.3, -0.25) is 9.59 Å². The summed E-state index contributed by atoms with van der Waals surface area (Å²) < 4.78 is 204. The molecule has 0 aliphatic heterocycles. The van der Waals surface area contributed by atoms with E-state index in [0.29, 0.717) is 0 Å². The van der Waals surface area contributed by atoms with E-state index in [1.165, 1.54) is 0 Å². The van der Waals surface area contributed by atoms with Crippen LogP contribution in [0.2, 0.25) is 0 Å². The SMILES string of the molecule is O=C(NCCCCCNC(=O)C(F)(F)C(F)(F)C(F)(F)C(F)F)C(F)(F)C(F)(F)C(F)(F)C(F)F. The average Bonchev–Trinajstić information content (AvgIpc) is 2.71. The van der Waals surface area contributed by atoms with Crippen LogP contribution in [0.5, 0.6) is 0 Å². The Morgan fingerprint density at radius 1 is 0.514 bits per heavy atom. The minimum atomic E-state index is -6.81. The van der Waals surface area contributed by atoms with Gasteiger partial charge in [0.1, 0.15) is 0 Å². The van der Waals surface area contributed by atoms with E-state index in [-0.39, 0.29) is 0 Å². The molecule has 0 atom stereocenters. The molecule has 35 heavy (non-hydrogen) atoms. The highest BCUT2D eigenvalue weighted by Crippen LogP contribution is 2.49. The van der Waals surface area contributed by atoms with E-state index in [1.807, 2.05) is 0 Å². The Bertz CT molecular complexity index is 680. The maximum absolute atomic E-state index is 13.3. The first-order valence-corrected chi connectivity index (χ1v) is 8.83. The fraction of sp³-hybridized carbons (Fsp3) is 0.867. The van der Waals surface area contributed by atoms with Gasteiger partial charge in [0.2, 0.25) is 0 Å². The third-order valence-corrected chi connectivity index (χ3v) is 4.17. The average molecular weight is 558 g/mol. The number of hydrogen-bond acceptors (Lipinski definition) is 2. The molecule has 208 valence electrons. The van der Waals surface area contributed by atoms with Gasteiger partial charge in [0.15, 0.2) is 0 Å². The van der Waals surface area contributed by atoms with Gasteiger partial charge in [0, 0.05) is 13.1 Å². The second-order valence-electron chi connectivity index (χ2n) is 6.72. The number of carbonyl (C=O) groups is 2. The summed E-state index contributed by atoms with van der Waals surface area (Å²) in [5.74, 6) is -45.6. The zero-order valence-corrected chi connectivity index (χ0v) is 16.6. The normalized spacial score (nSPS) is 14.5. The molecule has 0 heterocycles. The number of rotatable bonds is 14. The fourth-order valence-corrected chi connectivity index (χ4v) is 2.03. The molecule has 0 aliphatic rings. The van der Waals surface area contributed by atoms with Gasteiger partial charge < -0.3 is 10.6 Å². The van der Waals surface area contributed by atoms with Gasteiger partial charge in [0.05, 0.1) is 0 Å². The van der Waals surface area contributed by atoms with Crippen molar-refractivity contribution in [2.75, 3.05) is 13.1 Å². The Hall–Kier alpha value is -2.18. The molecular weight excluding hydrogens is 544 g/mol. The van der Waals surface area contributed by atoms with Gasteiger partial charge in [-0.2, -0.15) is 52.7 Å². The van der Waals surface area contributed by atoms with E-state index >= 15 is 0 Å². The quantitative estimate of drug-likeness (QED) is 0.240. The van der Waals surface area contributed by atoms with Crippen molar-refractivity contribution in [2.24, 2.45) is 0 Å². The van der Waals surface area contributed by atoms with Gasteiger partial charge in [-0.15, -0.1) is 0 Å². The van der Waals surface area contributed by atoms with Crippen LogP contribution in [0.3, 0.4) is 0 Å². The number of nitrogens with one attached hydrogen (secondary N) is 2. The van der Waals surface area contributed by atoms with E-state index in [1.54, 1.807) is 0 Å². The number of alkyl halides is 16. The summed E-state index contributed by atoms with van der Waals surface area (Å²) >= 11 is 0. The molecule has 2 amide bonds. The van der Waals surface area contributed by atoms with E-state index in [4.69, 9.17) is 0 Å². The Labute approximate surface area is 184 Å². The standard InChI is InChI=1S/C15H14F16N2O2/c16-6(17)10(20,21)14(28,29)12(24,25)8(34)32-4-2-1-3-5-33-9(35)13(26,27)15(30,31)11(22,23)7(18)19/h6-7H,1-5H2,(H,32,34)(H,33,35). The molecule has 0 fully saturated rings. The number of unbranched alkanes of at least 4 members (excludes halogenated alkanes) is 2. The Kier molecular flexibility index (Phi) is 10.2. The van der Waals surface area contributed by atoms with E-state index < -0.39 is 92.6 Å². The molecule has 0 spiro atoms. The lowest BCUT2D eigenvalue weighted by Crippen LogP contribution is -2.63. The molecule has 0 saturated heterocycles.